The van der Waals surface area contributed by atoms with Gasteiger partial charge in [-0.2, -0.15) is 0 Å². The van der Waals surface area contributed by atoms with Gasteiger partial charge in [-0.3, -0.25) is 0 Å². The summed E-state index contributed by atoms with van der Waals surface area (Å²) >= 11 is 0. The standard InChI is InChI=1S/C9H16.H2O/c1-3-9-6-4-8(2)5-7-9;/h3,8-9H,1,4-7H2,2H3;1H2. The van der Waals surface area contributed by atoms with Crippen LogP contribution in [-0.2, 0) is 0 Å². The van der Waals surface area contributed by atoms with Gasteiger partial charge in [-0.05, 0) is 24.7 Å². The fraction of sp³-hybridized carbons (Fsp3) is 0.778. The smallest absolute Gasteiger partial charge is 0.0236 e. The van der Waals surface area contributed by atoms with Crippen LogP contribution in [-0.4, -0.2) is 5.48 Å². The molecule has 0 bridgehead atoms. The molecule has 1 rings (SSSR count). The first-order valence-electron chi connectivity index (χ1n) is 3.95. The average Bonchev–Trinajstić information content (AvgIpc) is 1.90. The molecule has 0 aromatic rings. The first-order valence-corrected chi connectivity index (χ1v) is 3.95. The van der Waals surface area contributed by atoms with E-state index in [-0.39, 0.29) is 5.48 Å². The number of rotatable bonds is 1. The summed E-state index contributed by atoms with van der Waals surface area (Å²) in [7, 11) is 0. The minimum atomic E-state index is 0. The third-order valence-corrected chi connectivity index (χ3v) is 2.39. The third kappa shape index (κ3) is 2.53. The van der Waals surface area contributed by atoms with Crippen molar-refractivity contribution in [2.75, 3.05) is 0 Å². The second-order valence-electron chi connectivity index (χ2n) is 3.26. The van der Waals surface area contributed by atoms with Crippen molar-refractivity contribution in [1.29, 1.82) is 0 Å². The van der Waals surface area contributed by atoms with Crippen LogP contribution in [0.25, 0.3) is 0 Å². The molecule has 1 aliphatic rings. The van der Waals surface area contributed by atoms with E-state index in [1.54, 1.807) is 0 Å². The molecule has 1 fully saturated rings. The fourth-order valence-electron chi connectivity index (χ4n) is 1.52. The molecule has 1 aliphatic carbocycles. The molecule has 0 spiro atoms. The Hall–Kier alpha value is -0.300. The van der Waals surface area contributed by atoms with Gasteiger partial charge in [0, 0.05) is 0 Å². The van der Waals surface area contributed by atoms with Crippen LogP contribution in [0.3, 0.4) is 0 Å². The van der Waals surface area contributed by atoms with Crippen LogP contribution in [0.15, 0.2) is 12.7 Å². The van der Waals surface area contributed by atoms with E-state index in [1.807, 2.05) is 0 Å². The average molecular weight is 142 g/mol. The van der Waals surface area contributed by atoms with E-state index in [2.05, 4.69) is 19.6 Å². The van der Waals surface area contributed by atoms with Crippen LogP contribution < -0.4 is 0 Å². The number of hydrogen-bond donors (Lipinski definition) is 0. The summed E-state index contributed by atoms with van der Waals surface area (Å²) in [5, 5.41) is 0. The zero-order valence-corrected chi connectivity index (χ0v) is 6.77. The van der Waals surface area contributed by atoms with Gasteiger partial charge in [0.15, 0.2) is 0 Å². The molecule has 0 saturated heterocycles. The molecule has 60 valence electrons. The third-order valence-electron chi connectivity index (χ3n) is 2.39. The molecule has 2 N–H and O–H groups in total. The molecule has 0 heterocycles. The van der Waals surface area contributed by atoms with E-state index in [0.717, 1.165) is 11.8 Å². The summed E-state index contributed by atoms with van der Waals surface area (Å²) in [6.07, 6.45) is 7.70. The quantitative estimate of drug-likeness (QED) is 0.502. The molecular formula is C9H18O. The van der Waals surface area contributed by atoms with Gasteiger partial charge in [0.05, 0.1) is 0 Å². The van der Waals surface area contributed by atoms with Crippen molar-refractivity contribution in [3.8, 4) is 0 Å². The zero-order chi connectivity index (χ0) is 6.69. The summed E-state index contributed by atoms with van der Waals surface area (Å²) in [6, 6.07) is 0. The highest BCUT2D eigenvalue weighted by molar-refractivity contribution is 4.82. The highest BCUT2D eigenvalue weighted by atomic mass is 16.0. The summed E-state index contributed by atoms with van der Waals surface area (Å²) in [5.41, 5.74) is 0. The van der Waals surface area contributed by atoms with Crippen LogP contribution >= 0.6 is 0 Å². The molecule has 0 aromatic carbocycles. The molecule has 0 aromatic heterocycles. The maximum atomic E-state index is 3.81. The lowest BCUT2D eigenvalue weighted by atomic mass is 9.83. The first kappa shape index (κ1) is 9.70. The van der Waals surface area contributed by atoms with Crippen molar-refractivity contribution in [2.45, 2.75) is 32.6 Å². The van der Waals surface area contributed by atoms with Crippen LogP contribution in [0, 0.1) is 11.8 Å². The van der Waals surface area contributed by atoms with Gasteiger partial charge in [0.25, 0.3) is 0 Å². The lowest BCUT2D eigenvalue weighted by Gasteiger charge is -2.23. The van der Waals surface area contributed by atoms with Gasteiger partial charge < -0.3 is 5.48 Å². The van der Waals surface area contributed by atoms with E-state index >= 15 is 0 Å². The Bertz CT molecular complexity index is 90.9. The maximum Gasteiger partial charge on any atom is -0.0236 e. The van der Waals surface area contributed by atoms with Gasteiger partial charge in [-0.15, -0.1) is 6.58 Å². The monoisotopic (exact) mass is 142 g/mol. The maximum absolute atomic E-state index is 3.81. The second-order valence-corrected chi connectivity index (χ2v) is 3.26. The fourth-order valence-corrected chi connectivity index (χ4v) is 1.52. The molecule has 0 radical (unpaired) electrons. The van der Waals surface area contributed by atoms with Crippen molar-refractivity contribution in [3.05, 3.63) is 12.7 Å². The molecule has 10 heavy (non-hydrogen) atoms. The summed E-state index contributed by atoms with van der Waals surface area (Å²) in [5.74, 6) is 1.81. The Morgan fingerprint density at radius 1 is 1.20 bits per heavy atom. The van der Waals surface area contributed by atoms with Crippen molar-refractivity contribution in [3.63, 3.8) is 0 Å². The molecule has 0 unspecified atom stereocenters. The van der Waals surface area contributed by atoms with E-state index in [4.69, 9.17) is 0 Å². The zero-order valence-electron chi connectivity index (χ0n) is 6.77. The molecule has 0 amide bonds. The summed E-state index contributed by atoms with van der Waals surface area (Å²) < 4.78 is 0. The van der Waals surface area contributed by atoms with E-state index in [0.29, 0.717) is 0 Å². The van der Waals surface area contributed by atoms with E-state index in [1.165, 1.54) is 25.7 Å². The van der Waals surface area contributed by atoms with Crippen LogP contribution in [0.4, 0.5) is 0 Å². The van der Waals surface area contributed by atoms with Crippen LogP contribution in [0.1, 0.15) is 32.6 Å². The van der Waals surface area contributed by atoms with Gasteiger partial charge in [0.1, 0.15) is 0 Å². The Morgan fingerprint density at radius 2 is 1.70 bits per heavy atom. The Kier molecular flexibility index (Phi) is 4.37. The summed E-state index contributed by atoms with van der Waals surface area (Å²) in [6.45, 7) is 6.16. The van der Waals surface area contributed by atoms with Gasteiger partial charge in [0.2, 0.25) is 0 Å². The molecule has 1 nitrogen and oxygen atoms in total. The number of hydrogen-bond acceptors (Lipinski definition) is 0. The molecule has 0 aliphatic heterocycles. The highest BCUT2D eigenvalue weighted by Crippen LogP contribution is 2.28. The first-order chi connectivity index (χ1) is 4.33. The minimum absolute atomic E-state index is 0. The summed E-state index contributed by atoms with van der Waals surface area (Å²) in [4.78, 5) is 0. The van der Waals surface area contributed by atoms with Crippen LogP contribution in [0.5, 0.6) is 0 Å². The molecule has 1 saturated carbocycles. The van der Waals surface area contributed by atoms with Gasteiger partial charge in [-0.25, -0.2) is 0 Å². The topological polar surface area (TPSA) is 31.5 Å². The van der Waals surface area contributed by atoms with Gasteiger partial charge >= 0.3 is 0 Å². The molecular weight excluding hydrogens is 124 g/mol. The Labute approximate surface area is 63.4 Å². The largest absolute Gasteiger partial charge is 0.412 e. The molecule has 0 atom stereocenters. The second kappa shape index (κ2) is 4.51. The van der Waals surface area contributed by atoms with Crippen molar-refractivity contribution in [2.24, 2.45) is 11.8 Å². The van der Waals surface area contributed by atoms with Crippen molar-refractivity contribution < 1.29 is 5.48 Å². The minimum Gasteiger partial charge on any atom is -0.412 e. The number of allylic oxidation sites excluding steroid dienone is 1. The SMILES string of the molecule is C=CC1CCC(C)CC1.O. The normalized spacial score (nSPS) is 32.5. The predicted octanol–water partition coefficient (Wildman–Crippen LogP) is 2.17. The van der Waals surface area contributed by atoms with Gasteiger partial charge in [-0.1, -0.05) is 25.8 Å². The Balaban J connectivity index is 0.000000810. The van der Waals surface area contributed by atoms with Crippen molar-refractivity contribution in [1.82, 2.24) is 0 Å². The lowest BCUT2D eigenvalue weighted by Crippen LogP contribution is -2.09. The predicted molar refractivity (Wildman–Crippen MR) is 44.9 cm³/mol. The molecule has 1 heteroatoms. The van der Waals surface area contributed by atoms with E-state index in [9.17, 15) is 0 Å². The Morgan fingerprint density at radius 3 is 2.10 bits per heavy atom. The lowest BCUT2D eigenvalue weighted by molar-refractivity contribution is 0.331. The highest BCUT2D eigenvalue weighted by Gasteiger charge is 2.14. The van der Waals surface area contributed by atoms with Crippen molar-refractivity contribution >= 4 is 0 Å². The van der Waals surface area contributed by atoms with E-state index < -0.39 is 0 Å². The van der Waals surface area contributed by atoms with Crippen LogP contribution in [0.2, 0.25) is 0 Å².